The van der Waals surface area contributed by atoms with Crippen molar-refractivity contribution in [3.63, 3.8) is 0 Å². The predicted octanol–water partition coefficient (Wildman–Crippen LogP) is 3.37. The molecule has 0 radical (unpaired) electrons. The van der Waals surface area contributed by atoms with E-state index in [9.17, 15) is 13.2 Å². The van der Waals surface area contributed by atoms with E-state index in [0.29, 0.717) is 17.0 Å². The molecule has 0 aromatic carbocycles. The van der Waals surface area contributed by atoms with Crippen molar-refractivity contribution in [2.24, 2.45) is 4.99 Å². The minimum atomic E-state index is -4.50. The van der Waals surface area contributed by atoms with E-state index in [2.05, 4.69) is 15.0 Å². The molecule has 5 nitrogen and oxygen atoms in total. The van der Waals surface area contributed by atoms with Gasteiger partial charge < -0.3 is 0 Å². The van der Waals surface area contributed by atoms with Gasteiger partial charge in [0.05, 0.1) is 23.8 Å². The normalized spacial score (nSPS) is 11.9. The Balaban J connectivity index is 1.93. The van der Waals surface area contributed by atoms with Gasteiger partial charge in [0.15, 0.2) is 0 Å². The zero-order valence-electron chi connectivity index (χ0n) is 11.5. The summed E-state index contributed by atoms with van der Waals surface area (Å²) in [5.41, 5.74) is 0.502. The molecule has 0 aliphatic carbocycles. The number of hydrogen-bond acceptors (Lipinski definition) is 4. The molecule has 0 fully saturated rings. The van der Waals surface area contributed by atoms with Crippen LogP contribution in [-0.4, -0.2) is 20.6 Å². The molecule has 0 amide bonds. The van der Waals surface area contributed by atoms with E-state index in [-0.39, 0.29) is 5.69 Å². The Kier molecular flexibility index (Phi) is 3.54. The monoisotopic (exact) mass is 315 g/mol. The van der Waals surface area contributed by atoms with Crippen molar-refractivity contribution in [2.75, 3.05) is 0 Å². The Morgan fingerprint density at radius 2 is 2.04 bits per heavy atom. The number of pyridine rings is 2. The Labute approximate surface area is 128 Å². The third-order valence-corrected chi connectivity index (χ3v) is 3.01. The summed E-state index contributed by atoms with van der Waals surface area (Å²) in [5.74, 6) is 0. The van der Waals surface area contributed by atoms with Crippen molar-refractivity contribution >= 4 is 17.5 Å². The van der Waals surface area contributed by atoms with Crippen LogP contribution in [0.5, 0.6) is 0 Å². The summed E-state index contributed by atoms with van der Waals surface area (Å²) in [4.78, 5) is 11.6. The first-order valence-corrected chi connectivity index (χ1v) is 6.43. The summed E-state index contributed by atoms with van der Waals surface area (Å²) in [7, 11) is 0. The highest BCUT2D eigenvalue weighted by Crippen LogP contribution is 2.27. The standard InChI is InChI=1S/C15H8F3N5/c16-15(17,18)13-3-1-2-10(22-13)7-20-11-4-5-14-21-8-12(6-19)23(14)9-11/h1-5,7-9H/b20-7-. The van der Waals surface area contributed by atoms with Crippen molar-refractivity contribution in [2.45, 2.75) is 6.18 Å². The van der Waals surface area contributed by atoms with Gasteiger partial charge in [0.1, 0.15) is 23.1 Å². The maximum absolute atomic E-state index is 12.6. The van der Waals surface area contributed by atoms with Crippen LogP contribution in [0.25, 0.3) is 5.65 Å². The van der Waals surface area contributed by atoms with E-state index < -0.39 is 11.9 Å². The molecule has 0 unspecified atom stereocenters. The summed E-state index contributed by atoms with van der Waals surface area (Å²) in [6.07, 6.45) is -0.261. The number of imidazole rings is 1. The Morgan fingerprint density at radius 3 is 2.78 bits per heavy atom. The molecule has 114 valence electrons. The van der Waals surface area contributed by atoms with Gasteiger partial charge in [-0.1, -0.05) is 6.07 Å². The van der Waals surface area contributed by atoms with Gasteiger partial charge >= 0.3 is 6.18 Å². The van der Waals surface area contributed by atoms with Crippen LogP contribution in [0.4, 0.5) is 18.9 Å². The third-order valence-electron chi connectivity index (χ3n) is 3.01. The van der Waals surface area contributed by atoms with Crippen molar-refractivity contribution in [1.29, 1.82) is 5.26 Å². The fraction of sp³-hybridized carbons (Fsp3) is 0.0667. The van der Waals surface area contributed by atoms with E-state index >= 15 is 0 Å². The second kappa shape index (κ2) is 5.53. The van der Waals surface area contributed by atoms with E-state index in [1.54, 1.807) is 22.7 Å². The number of aliphatic imine (C=N–C) groups is 1. The lowest BCUT2D eigenvalue weighted by Gasteiger charge is -2.05. The smallest absolute Gasteiger partial charge is 0.289 e. The van der Waals surface area contributed by atoms with E-state index in [1.165, 1.54) is 24.5 Å². The summed E-state index contributed by atoms with van der Waals surface area (Å²) >= 11 is 0. The molecular formula is C15H8F3N5. The number of nitriles is 1. The fourth-order valence-electron chi connectivity index (χ4n) is 1.95. The number of alkyl halides is 3. The van der Waals surface area contributed by atoms with Gasteiger partial charge in [-0.2, -0.15) is 18.4 Å². The molecule has 0 bridgehead atoms. The first-order valence-electron chi connectivity index (χ1n) is 6.43. The largest absolute Gasteiger partial charge is 0.433 e. The second-order valence-corrected chi connectivity index (χ2v) is 4.57. The molecule has 3 aromatic rings. The van der Waals surface area contributed by atoms with Crippen LogP contribution < -0.4 is 0 Å². The minimum Gasteiger partial charge on any atom is -0.289 e. The maximum atomic E-state index is 12.6. The summed E-state index contributed by atoms with van der Waals surface area (Å²) < 4.78 is 39.4. The third kappa shape index (κ3) is 3.03. The molecule has 0 spiro atoms. The summed E-state index contributed by atoms with van der Waals surface area (Å²) in [5, 5.41) is 8.96. The van der Waals surface area contributed by atoms with Gasteiger partial charge in [-0.05, 0) is 24.3 Å². The van der Waals surface area contributed by atoms with E-state index in [0.717, 1.165) is 6.07 Å². The van der Waals surface area contributed by atoms with Crippen molar-refractivity contribution < 1.29 is 13.2 Å². The first kappa shape index (κ1) is 14.7. The van der Waals surface area contributed by atoms with Crippen molar-refractivity contribution in [3.8, 4) is 6.07 Å². The lowest BCUT2D eigenvalue weighted by Crippen LogP contribution is -2.08. The van der Waals surface area contributed by atoms with Crippen LogP contribution in [0.1, 0.15) is 17.1 Å². The van der Waals surface area contributed by atoms with Gasteiger partial charge in [0, 0.05) is 6.20 Å². The van der Waals surface area contributed by atoms with Crippen molar-refractivity contribution in [3.05, 3.63) is 59.8 Å². The molecule has 0 saturated heterocycles. The number of aromatic nitrogens is 3. The molecule has 23 heavy (non-hydrogen) atoms. The maximum Gasteiger partial charge on any atom is 0.433 e. The zero-order valence-corrected chi connectivity index (χ0v) is 11.5. The average Bonchev–Trinajstić information content (AvgIpc) is 2.94. The van der Waals surface area contributed by atoms with E-state index in [4.69, 9.17) is 5.26 Å². The van der Waals surface area contributed by atoms with Crippen molar-refractivity contribution in [1.82, 2.24) is 14.4 Å². The minimum absolute atomic E-state index is 0.0889. The average molecular weight is 315 g/mol. The van der Waals surface area contributed by atoms with Gasteiger partial charge in [-0.25, -0.2) is 9.97 Å². The molecule has 3 heterocycles. The zero-order chi connectivity index (χ0) is 16.4. The van der Waals surface area contributed by atoms with Crippen LogP contribution in [-0.2, 0) is 6.18 Å². The Bertz CT molecular complexity index is 934. The molecular weight excluding hydrogens is 307 g/mol. The molecule has 0 aliphatic heterocycles. The number of nitrogens with zero attached hydrogens (tertiary/aromatic N) is 5. The fourth-order valence-corrected chi connectivity index (χ4v) is 1.95. The number of fused-ring (bicyclic) bond motifs is 1. The van der Waals surface area contributed by atoms with Crippen LogP contribution in [0.3, 0.4) is 0 Å². The SMILES string of the molecule is N#Cc1cnc2ccc(/N=C\c3cccc(C(F)(F)F)n3)cn12. The molecule has 3 rings (SSSR count). The number of hydrogen-bond donors (Lipinski definition) is 0. The number of halogens is 3. The predicted molar refractivity (Wildman–Crippen MR) is 76.4 cm³/mol. The molecule has 3 aromatic heterocycles. The molecule has 0 atom stereocenters. The summed E-state index contributed by atoms with van der Waals surface area (Å²) in [6.45, 7) is 0. The van der Waals surface area contributed by atoms with E-state index in [1.807, 2.05) is 6.07 Å². The topological polar surface area (TPSA) is 66.3 Å². The van der Waals surface area contributed by atoms with Crippen LogP contribution >= 0.6 is 0 Å². The summed E-state index contributed by atoms with van der Waals surface area (Å²) in [6, 6.07) is 8.88. The highest BCUT2D eigenvalue weighted by Gasteiger charge is 2.32. The Hall–Kier alpha value is -3.21. The Morgan fingerprint density at radius 1 is 1.22 bits per heavy atom. The van der Waals surface area contributed by atoms with Gasteiger partial charge in [0.25, 0.3) is 0 Å². The lowest BCUT2D eigenvalue weighted by atomic mass is 10.3. The quantitative estimate of drug-likeness (QED) is 0.681. The highest BCUT2D eigenvalue weighted by atomic mass is 19.4. The van der Waals surface area contributed by atoms with Crippen LogP contribution in [0, 0.1) is 11.3 Å². The van der Waals surface area contributed by atoms with Gasteiger partial charge in [-0.3, -0.25) is 9.39 Å². The molecule has 0 aliphatic rings. The molecule has 0 N–H and O–H groups in total. The highest BCUT2D eigenvalue weighted by molar-refractivity contribution is 5.79. The lowest BCUT2D eigenvalue weighted by molar-refractivity contribution is -0.141. The van der Waals surface area contributed by atoms with Crippen LogP contribution in [0.15, 0.2) is 47.7 Å². The van der Waals surface area contributed by atoms with Crippen LogP contribution in [0.2, 0.25) is 0 Å². The molecule has 8 heteroatoms. The van der Waals surface area contributed by atoms with Gasteiger partial charge in [-0.15, -0.1) is 0 Å². The number of rotatable bonds is 2. The molecule has 0 saturated carbocycles. The second-order valence-electron chi connectivity index (χ2n) is 4.57. The first-order chi connectivity index (χ1) is 11.0. The van der Waals surface area contributed by atoms with Gasteiger partial charge in [0.2, 0.25) is 0 Å².